The molecule has 2 heterocycles. The van der Waals surface area contributed by atoms with Crippen molar-refractivity contribution in [2.45, 2.75) is 20.0 Å². The maximum atomic E-state index is 6.03. The topological polar surface area (TPSA) is 81.4 Å². The SMILES string of the molecule is C#CC(O/N=C1/c2cc(OCC)c(OCC)cc2-c2[nH]c3ccc(OCCN(C)C)cc3c21)c1ccoc1.Cl. The van der Waals surface area contributed by atoms with Crippen molar-refractivity contribution < 1.29 is 23.5 Å². The Bertz CT molecular complexity index is 1500. The Labute approximate surface area is 234 Å². The van der Waals surface area contributed by atoms with E-state index in [1.165, 1.54) is 0 Å². The van der Waals surface area contributed by atoms with Gasteiger partial charge in [0.15, 0.2) is 11.5 Å². The van der Waals surface area contributed by atoms with Crippen molar-refractivity contribution in [3.05, 3.63) is 65.6 Å². The number of benzene rings is 2. The van der Waals surface area contributed by atoms with Crippen LogP contribution in [-0.2, 0) is 4.84 Å². The van der Waals surface area contributed by atoms with Crippen molar-refractivity contribution in [1.82, 2.24) is 9.88 Å². The molecule has 0 aliphatic heterocycles. The normalized spacial score (nSPS) is 13.5. The molecule has 2 aromatic heterocycles. The molecular weight excluding hydrogens is 518 g/mol. The van der Waals surface area contributed by atoms with Gasteiger partial charge in [-0.2, -0.15) is 0 Å². The number of oxime groups is 1. The van der Waals surface area contributed by atoms with Crippen molar-refractivity contribution in [1.29, 1.82) is 0 Å². The van der Waals surface area contributed by atoms with E-state index in [4.69, 9.17) is 29.9 Å². The van der Waals surface area contributed by atoms with E-state index in [9.17, 15) is 0 Å². The lowest BCUT2D eigenvalue weighted by Gasteiger charge is -2.14. The van der Waals surface area contributed by atoms with Crippen molar-refractivity contribution >= 4 is 29.0 Å². The minimum absolute atomic E-state index is 0. The largest absolute Gasteiger partial charge is 0.492 e. The Hall–Kier alpha value is -4.06. The fraction of sp³-hybridized carbons (Fsp3) is 0.300. The highest BCUT2D eigenvalue weighted by Crippen LogP contribution is 2.46. The summed E-state index contributed by atoms with van der Waals surface area (Å²) >= 11 is 0. The number of furan rings is 1. The number of hydrogen-bond acceptors (Lipinski definition) is 7. The molecule has 0 amide bonds. The van der Waals surface area contributed by atoms with E-state index in [1.54, 1.807) is 18.6 Å². The van der Waals surface area contributed by atoms with Gasteiger partial charge >= 0.3 is 0 Å². The Morgan fingerprint density at radius 2 is 1.77 bits per heavy atom. The minimum Gasteiger partial charge on any atom is -0.492 e. The van der Waals surface area contributed by atoms with Gasteiger partial charge in [0, 0.05) is 39.7 Å². The van der Waals surface area contributed by atoms with Crippen LogP contribution in [0.25, 0.3) is 22.2 Å². The number of nitrogens with one attached hydrogen (secondary N) is 1. The first-order valence-corrected chi connectivity index (χ1v) is 12.6. The van der Waals surface area contributed by atoms with Gasteiger partial charge in [0.2, 0.25) is 6.10 Å². The number of aromatic amines is 1. The van der Waals surface area contributed by atoms with E-state index in [-0.39, 0.29) is 12.4 Å². The quantitative estimate of drug-likeness (QED) is 0.160. The molecule has 9 heteroatoms. The van der Waals surface area contributed by atoms with Crippen LogP contribution < -0.4 is 14.2 Å². The third-order valence-electron chi connectivity index (χ3n) is 6.27. The van der Waals surface area contributed by atoms with E-state index < -0.39 is 6.10 Å². The van der Waals surface area contributed by atoms with Gasteiger partial charge in [0.25, 0.3) is 0 Å². The van der Waals surface area contributed by atoms with E-state index in [0.717, 1.165) is 45.6 Å². The highest BCUT2D eigenvalue weighted by atomic mass is 35.5. The number of ether oxygens (including phenoxy) is 3. The van der Waals surface area contributed by atoms with Crippen LogP contribution in [0.5, 0.6) is 17.2 Å². The molecule has 1 unspecified atom stereocenters. The third kappa shape index (κ3) is 5.56. The van der Waals surface area contributed by atoms with Crippen LogP contribution in [0.3, 0.4) is 0 Å². The lowest BCUT2D eigenvalue weighted by molar-refractivity contribution is 0.0996. The van der Waals surface area contributed by atoms with Crippen LogP contribution in [-0.4, -0.2) is 56.1 Å². The monoisotopic (exact) mass is 549 g/mol. The highest BCUT2D eigenvalue weighted by Gasteiger charge is 2.32. The average Bonchev–Trinajstić information content (AvgIpc) is 3.62. The zero-order valence-electron chi connectivity index (χ0n) is 22.4. The number of hydrogen-bond donors (Lipinski definition) is 1. The van der Waals surface area contributed by atoms with Gasteiger partial charge in [0.1, 0.15) is 18.1 Å². The molecule has 0 saturated carbocycles. The number of fused-ring (bicyclic) bond motifs is 5. The average molecular weight is 550 g/mol. The number of rotatable bonds is 11. The van der Waals surface area contributed by atoms with Gasteiger partial charge in [-0.25, -0.2) is 0 Å². The Morgan fingerprint density at radius 3 is 2.41 bits per heavy atom. The molecule has 4 aromatic rings. The van der Waals surface area contributed by atoms with Gasteiger partial charge in [-0.1, -0.05) is 11.1 Å². The molecule has 1 N–H and O–H groups in total. The van der Waals surface area contributed by atoms with Crippen molar-refractivity contribution in [3.8, 4) is 40.8 Å². The van der Waals surface area contributed by atoms with E-state index in [2.05, 4.69) is 21.0 Å². The number of halogens is 1. The fourth-order valence-corrected chi connectivity index (χ4v) is 4.50. The molecule has 1 aliphatic rings. The standard InChI is InChI=1S/C30H31N3O5.ClH/c1-6-25(19-11-13-34-18-19)38-32-30-22-17-27(36-8-3)26(35-7-2)16-21(22)29-28(30)23-15-20(9-10-24(23)31-29)37-14-12-33(4)5;/h1,9-11,13,15-18,25,31H,7-8,12,14H2,2-5H3;1H/b32-30-;. The van der Waals surface area contributed by atoms with Crippen LogP contribution in [0, 0.1) is 12.3 Å². The lowest BCUT2D eigenvalue weighted by atomic mass is 10.1. The maximum absolute atomic E-state index is 6.03. The molecule has 1 atom stereocenters. The first-order chi connectivity index (χ1) is 18.5. The highest BCUT2D eigenvalue weighted by molar-refractivity contribution is 6.30. The van der Waals surface area contributed by atoms with Crippen molar-refractivity contribution in [2.24, 2.45) is 5.16 Å². The number of H-pyrrole nitrogens is 1. The molecular formula is C30H32ClN3O5. The van der Waals surface area contributed by atoms with Gasteiger partial charge in [-0.05, 0) is 64.3 Å². The summed E-state index contributed by atoms with van der Waals surface area (Å²) in [5.41, 5.74) is 5.97. The summed E-state index contributed by atoms with van der Waals surface area (Å²) in [6.45, 7) is 6.31. The molecule has 2 aromatic carbocycles. The first-order valence-electron chi connectivity index (χ1n) is 12.6. The van der Waals surface area contributed by atoms with Crippen LogP contribution in [0.15, 0.2) is 58.5 Å². The minimum atomic E-state index is -0.696. The Balaban J connectivity index is 0.00000353. The van der Waals surface area contributed by atoms with Crippen LogP contribution >= 0.6 is 12.4 Å². The molecule has 0 saturated heterocycles. The van der Waals surface area contributed by atoms with E-state index in [1.807, 2.05) is 58.3 Å². The summed E-state index contributed by atoms with van der Waals surface area (Å²) in [4.78, 5) is 11.6. The first kappa shape index (κ1) is 28.0. The molecule has 0 radical (unpaired) electrons. The second kappa shape index (κ2) is 12.2. The maximum Gasteiger partial charge on any atom is 0.215 e. The summed E-state index contributed by atoms with van der Waals surface area (Å²) in [6, 6.07) is 11.7. The van der Waals surface area contributed by atoms with Gasteiger partial charge < -0.3 is 33.3 Å². The van der Waals surface area contributed by atoms with Crippen LogP contribution in [0.2, 0.25) is 0 Å². The molecule has 0 spiro atoms. The number of aromatic nitrogens is 1. The number of terminal acetylenes is 1. The third-order valence-corrected chi connectivity index (χ3v) is 6.27. The smallest absolute Gasteiger partial charge is 0.215 e. The molecule has 0 bridgehead atoms. The second-order valence-electron chi connectivity index (χ2n) is 9.09. The summed E-state index contributed by atoms with van der Waals surface area (Å²) in [5.74, 6) is 4.74. The van der Waals surface area contributed by atoms with E-state index in [0.29, 0.717) is 42.6 Å². The predicted octanol–water partition coefficient (Wildman–Crippen LogP) is 6.04. The molecule has 204 valence electrons. The second-order valence-corrected chi connectivity index (χ2v) is 9.09. The molecule has 5 rings (SSSR count). The zero-order valence-corrected chi connectivity index (χ0v) is 23.3. The molecule has 39 heavy (non-hydrogen) atoms. The predicted molar refractivity (Wildman–Crippen MR) is 154 cm³/mol. The van der Waals surface area contributed by atoms with Crippen molar-refractivity contribution in [2.75, 3.05) is 40.5 Å². The zero-order chi connectivity index (χ0) is 26.6. The van der Waals surface area contributed by atoms with Gasteiger partial charge in [0.05, 0.1) is 31.4 Å². The molecule has 8 nitrogen and oxygen atoms in total. The molecule has 1 aliphatic carbocycles. The lowest BCUT2D eigenvalue weighted by Crippen LogP contribution is -2.19. The van der Waals surface area contributed by atoms with Crippen LogP contribution in [0.4, 0.5) is 0 Å². The van der Waals surface area contributed by atoms with Gasteiger partial charge in [-0.3, -0.25) is 0 Å². The fourth-order valence-electron chi connectivity index (χ4n) is 4.50. The number of likely N-dealkylation sites (N-methyl/N-ethyl adjacent to an activating group) is 1. The van der Waals surface area contributed by atoms with E-state index >= 15 is 0 Å². The summed E-state index contributed by atoms with van der Waals surface area (Å²) in [7, 11) is 4.04. The summed E-state index contributed by atoms with van der Waals surface area (Å²) in [6.07, 6.45) is 8.18. The van der Waals surface area contributed by atoms with Crippen molar-refractivity contribution in [3.63, 3.8) is 0 Å². The Morgan fingerprint density at radius 1 is 1.03 bits per heavy atom. The summed E-state index contributed by atoms with van der Waals surface area (Å²) in [5, 5.41) is 5.59. The molecule has 0 fully saturated rings. The van der Waals surface area contributed by atoms with Crippen LogP contribution in [0.1, 0.15) is 36.6 Å². The summed E-state index contributed by atoms with van der Waals surface area (Å²) < 4.78 is 23.0. The van der Waals surface area contributed by atoms with Gasteiger partial charge in [-0.15, -0.1) is 18.8 Å². The number of nitrogens with zero attached hydrogens (tertiary/aromatic N) is 2. The Kier molecular flexibility index (Phi) is 8.75.